The van der Waals surface area contributed by atoms with Crippen molar-refractivity contribution in [3.8, 4) is 0 Å². The molecule has 0 atom stereocenters. The summed E-state index contributed by atoms with van der Waals surface area (Å²) in [5.74, 6) is -0.898. The van der Waals surface area contributed by atoms with Crippen LogP contribution in [0.25, 0.3) is 10.8 Å². The highest BCUT2D eigenvalue weighted by atomic mass is 32.1. The second kappa shape index (κ2) is 5.06. The maximum atomic E-state index is 11.0. The van der Waals surface area contributed by atoms with E-state index in [-0.39, 0.29) is 0 Å². The van der Waals surface area contributed by atoms with E-state index in [0.29, 0.717) is 17.0 Å². The molecule has 0 aliphatic rings. The van der Waals surface area contributed by atoms with Gasteiger partial charge in [-0.05, 0) is 23.3 Å². The highest BCUT2D eigenvalue weighted by molar-refractivity contribution is 7.13. The van der Waals surface area contributed by atoms with Crippen LogP contribution in [0.4, 0.5) is 0 Å². The number of carbonyl (C=O) groups is 1. The molecule has 0 saturated heterocycles. The van der Waals surface area contributed by atoms with Gasteiger partial charge in [-0.2, -0.15) is 0 Å². The van der Waals surface area contributed by atoms with Crippen LogP contribution in [-0.4, -0.2) is 16.1 Å². The average molecular weight is 283 g/mol. The van der Waals surface area contributed by atoms with Crippen molar-refractivity contribution in [3.63, 3.8) is 0 Å². The highest BCUT2D eigenvalue weighted by Gasteiger charge is 2.14. The molecule has 0 spiro atoms. The zero-order valence-electron chi connectivity index (χ0n) is 11.0. The van der Waals surface area contributed by atoms with Crippen molar-refractivity contribution in [3.05, 3.63) is 63.6 Å². The van der Waals surface area contributed by atoms with Gasteiger partial charge in [0, 0.05) is 6.42 Å². The lowest BCUT2D eigenvalue weighted by Crippen LogP contribution is -1.94. The number of rotatable bonds is 3. The van der Waals surface area contributed by atoms with Crippen molar-refractivity contribution in [2.75, 3.05) is 0 Å². The molecule has 0 saturated carbocycles. The summed E-state index contributed by atoms with van der Waals surface area (Å²) in [6, 6.07) is 14.5. The summed E-state index contributed by atoms with van der Waals surface area (Å²) in [7, 11) is 0. The molecule has 1 aromatic heterocycles. The number of aryl methyl sites for hydroxylation is 1. The van der Waals surface area contributed by atoms with Gasteiger partial charge in [0.05, 0.1) is 10.7 Å². The van der Waals surface area contributed by atoms with Crippen molar-refractivity contribution in [1.29, 1.82) is 0 Å². The maximum absolute atomic E-state index is 11.0. The average Bonchev–Trinajstić information content (AvgIpc) is 2.79. The van der Waals surface area contributed by atoms with Gasteiger partial charge < -0.3 is 5.11 Å². The fourth-order valence-corrected chi connectivity index (χ4v) is 3.19. The molecule has 0 unspecified atom stereocenters. The quantitative estimate of drug-likeness (QED) is 0.793. The Kier molecular flexibility index (Phi) is 3.24. The SMILES string of the molecule is Cc1nc(Cc2ccc3ccccc3c2)sc1C(=O)O. The Morgan fingerprint density at radius 3 is 2.65 bits per heavy atom. The predicted molar refractivity (Wildman–Crippen MR) is 80.6 cm³/mol. The number of carboxylic acids is 1. The van der Waals surface area contributed by atoms with Gasteiger partial charge in [0.1, 0.15) is 4.88 Å². The van der Waals surface area contributed by atoms with Crippen molar-refractivity contribution in [2.45, 2.75) is 13.3 Å². The van der Waals surface area contributed by atoms with E-state index in [1.165, 1.54) is 22.1 Å². The van der Waals surface area contributed by atoms with Crippen LogP contribution in [0.5, 0.6) is 0 Å². The lowest BCUT2D eigenvalue weighted by molar-refractivity contribution is 0.0701. The standard InChI is InChI=1S/C16H13NO2S/c1-10-15(16(18)19)20-14(17-10)9-11-6-7-12-4-2-3-5-13(12)8-11/h2-8H,9H2,1H3,(H,18,19). The van der Waals surface area contributed by atoms with E-state index in [1.807, 2.05) is 12.1 Å². The Hall–Kier alpha value is -2.20. The van der Waals surface area contributed by atoms with E-state index in [1.54, 1.807) is 6.92 Å². The number of aromatic carboxylic acids is 1. The molecular weight excluding hydrogens is 270 g/mol. The first-order valence-electron chi connectivity index (χ1n) is 6.31. The molecule has 1 heterocycles. The summed E-state index contributed by atoms with van der Waals surface area (Å²) in [5, 5.41) is 12.3. The third-order valence-corrected chi connectivity index (χ3v) is 4.35. The first kappa shape index (κ1) is 12.8. The van der Waals surface area contributed by atoms with Crippen molar-refractivity contribution >= 4 is 28.1 Å². The van der Waals surface area contributed by atoms with Crippen LogP contribution >= 0.6 is 11.3 Å². The molecule has 1 N–H and O–H groups in total. The minimum Gasteiger partial charge on any atom is -0.477 e. The van der Waals surface area contributed by atoms with Gasteiger partial charge in [0.2, 0.25) is 0 Å². The number of thiazole rings is 1. The maximum Gasteiger partial charge on any atom is 0.347 e. The van der Waals surface area contributed by atoms with Gasteiger partial charge in [0.15, 0.2) is 0 Å². The fourth-order valence-electron chi connectivity index (χ4n) is 2.25. The lowest BCUT2D eigenvalue weighted by atomic mass is 10.1. The lowest BCUT2D eigenvalue weighted by Gasteiger charge is -2.01. The second-order valence-electron chi connectivity index (χ2n) is 4.69. The number of nitrogens with zero attached hydrogens (tertiary/aromatic N) is 1. The first-order valence-corrected chi connectivity index (χ1v) is 7.12. The van der Waals surface area contributed by atoms with Gasteiger partial charge in [-0.25, -0.2) is 9.78 Å². The van der Waals surface area contributed by atoms with E-state index >= 15 is 0 Å². The topological polar surface area (TPSA) is 50.2 Å². The van der Waals surface area contributed by atoms with Crippen LogP contribution in [0.2, 0.25) is 0 Å². The summed E-state index contributed by atoms with van der Waals surface area (Å²) in [6.45, 7) is 1.74. The van der Waals surface area contributed by atoms with Crippen LogP contribution in [0, 0.1) is 6.92 Å². The Bertz CT molecular complexity index is 792. The molecule has 0 amide bonds. The van der Waals surface area contributed by atoms with Gasteiger partial charge in [-0.3, -0.25) is 0 Å². The number of hydrogen-bond acceptors (Lipinski definition) is 3. The van der Waals surface area contributed by atoms with Crippen molar-refractivity contribution < 1.29 is 9.90 Å². The Labute approximate surface area is 120 Å². The largest absolute Gasteiger partial charge is 0.477 e. The molecule has 3 aromatic rings. The molecular formula is C16H13NO2S. The summed E-state index contributed by atoms with van der Waals surface area (Å²) in [6.07, 6.45) is 0.670. The Morgan fingerprint density at radius 2 is 1.95 bits per heavy atom. The summed E-state index contributed by atoms with van der Waals surface area (Å²) >= 11 is 1.26. The molecule has 3 rings (SSSR count). The number of benzene rings is 2. The predicted octanol–water partition coefficient (Wildman–Crippen LogP) is 3.89. The highest BCUT2D eigenvalue weighted by Crippen LogP contribution is 2.22. The summed E-state index contributed by atoms with van der Waals surface area (Å²) < 4.78 is 0. The van der Waals surface area contributed by atoms with Crippen LogP contribution in [0.1, 0.15) is 25.9 Å². The zero-order valence-corrected chi connectivity index (χ0v) is 11.8. The molecule has 0 radical (unpaired) electrons. The van der Waals surface area contributed by atoms with Gasteiger partial charge in [0.25, 0.3) is 0 Å². The number of hydrogen-bond donors (Lipinski definition) is 1. The van der Waals surface area contributed by atoms with Crippen LogP contribution in [0.3, 0.4) is 0 Å². The third-order valence-electron chi connectivity index (χ3n) is 3.20. The molecule has 0 fully saturated rings. The van der Waals surface area contributed by atoms with E-state index < -0.39 is 5.97 Å². The number of fused-ring (bicyclic) bond motifs is 1. The molecule has 0 bridgehead atoms. The number of carboxylic acid groups (broad SMARTS) is 1. The monoisotopic (exact) mass is 283 g/mol. The van der Waals surface area contributed by atoms with Crippen LogP contribution in [0.15, 0.2) is 42.5 Å². The van der Waals surface area contributed by atoms with Crippen molar-refractivity contribution in [1.82, 2.24) is 4.98 Å². The summed E-state index contributed by atoms with van der Waals surface area (Å²) in [5.41, 5.74) is 1.74. The van der Waals surface area contributed by atoms with E-state index in [9.17, 15) is 4.79 Å². The first-order chi connectivity index (χ1) is 9.63. The smallest absolute Gasteiger partial charge is 0.347 e. The van der Waals surface area contributed by atoms with Gasteiger partial charge >= 0.3 is 5.97 Å². The minimum atomic E-state index is -0.898. The Morgan fingerprint density at radius 1 is 1.20 bits per heavy atom. The normalized spacial score (nSPS) is 10.8. The number of aromatic nitrogens is 1. The molecule has 0 aliphatic heterocycles. The molecule has 3 nitrogen and oxygen atoms in total. The molecule has 2 aromatic carbocycles. The summed E-state index contributed by atoms with van der Waals surface area (Å²) in [4.78, 5) is 15.7. The van der Waals surface area contributed by atoms with E-state index in [4.69, 9.17) is 5.11 Å². The molecule has 100 valence electrons. The Balaban J connectivity index is 1.92. The molecule has 0 aliphatic carbocycles. The zero-order chi connectivity index (χ0) is 14.1. The van der Waals surface area contributed by atoms with Crippen LogP contribution in [-0.2, 0) is 6.42 Å². The molecule has 4 heteroatoms. The van der Waals surface area contributed by atoms with E-state index in [2.05, 4.69) is 35.3 Å². The van der Waals surface area contributed by atoms with Crippen molar-refractivity contribution in [2.24, 2.45) is 0 Å². The van der Waals surface area contributed by atoms with Gasteiger partial charge in [-0.15, -0.1) is 11.3 Å². The fraction of sp³-hybridized carbons (Fsp3) is 0.125. The van der Waals surface area contributed by atoms with Gasteiger partial charge in [-0.1, -0.05) is 42.5 Å². The second-order valence-corrected chi connectivity index (χ2v) is 5.77. The third kappa shape index (κ3) is 2.42. The minimum absolute atomic E-state index is 0.334. The van der Waals surface area contributed by atoms with Crippen LogP contribution < -0.4 is 0 Å². The molecule has 20 heavy (non-hydrogen) atoms. The van der Waals surface area contributed by atoms with E-state index in [0.717, 1.165) is 10.6 Å².